The third-order valence-corrected chi connectivity index (χ3v) is 5.77. The Morgan fingerprint density at radius 1 is 0.897 bits per heavy atom. The van der Waals surface area contributed by atoms with Crippen LogP contribution in [0.1, 0.15) is 21.6 Å². The van der Waals surface area contributed by atoms with Crippen LogP contribution in [-0.4, -0.2) is 32.5 Å². The molecule has 2 heterocycles. The Morgan fingerprint density at radius 2 is 1.56 bits per heavy atom. The highest BCUT2D eigenvalue weighted by Gasteiger charge is 2.18. The van der Waals surface area contributed by atoms with Crippen molar-refractivity contribution >= 4 is 17.7 Å². The van der Waals surface area contributed by atoms with Gasteiger partial charge in [-0.3, -0.25) is 5.32 Å². The Labute approximate surface area is 222 Å². The molecule has 194 valence electrons. The fourth-order valence-corrected chi connectivity index (χ4v) is 3.77. The van der Waals surface area contributed by atoms with Crippen LogP contribution >= 0.6 is 0 Å². The molecular weight excluding hydrogens is 500 g/mol. The first-order chi connectivity index (χ1) is 19.0. The Balaban J connectivity index is 1.27. The average molecular weight is 523 g/mol. The predicted molar refractivity (Wildman–Crippen MR) is 141 cm³/mol. The molecule has 10 nitrogen and oxygen atoms in total. The fraction of sp³-hybridized carbons (Fsp3) is 0.0690. The van der Waals surface area contributed by atoms with E-state index in [1.165, 1.54) is 12.3 Å². The normalized spacial score (nSPS) is 10.6. The van der Waals surface area contributed by atoms with E-state index < -0.39 is 12.1 Å². The molecule has 0 saturated carbocycles. The number of nitrogens with one attached hydrogen (secondary N) is 1. The minimum absolute atomic E-state index is 0.0781. The Hall–Kier alpha value is -5.51. The molecule has 0 bridgehead atoms. The molecule has 0 unspecified atom stereocenters. The number of aryl methyl sites for hydroxylation is 1. The third kappa shape index (κ3) is 5.91. The molecule has 2 aromatic heterocycles. The van der Waals surface area contributed by atoms with Gasteiger partial charge < -0.3 is 19.1 Å². The van der Waals surface area contributed by atoms with Crippen LogP contribution in [-0.2, 0) is 11.3 Å². The van der Waals surface area contributed by atoms with Crippen molar-refractivity contribution in [1.82, 2.24) is 15.4 Å². The topological polar surface area (TPSA) is 137 Å². The number of aromatic nitrogens is 3. The molecule has 0 aliphatic heterocycles. The van der Waals surface area contributed by atoms with E-state index in [-0.39, 0.29) is 18.1 Å². The van der Waals surface area contributed by atoms with Gasteiger partial charge in [-0.15, -0.1) is 5.10 Å². The summed E-state index contributed by atoms with van der Waals surface area (Å²) in [6.07, 6.45) is 0.683. The maximum Gasteiger partial charge on any atom is 0.412 e. The second kappa shape index (κ2) is 11.3. The number of ether oxygens (including phenoxy) is 2. The zero-order valence-electron chi connectivity index (χ0n) is 20.7. The maximum absolute atomic E-state index is 12.4. The number of carbonyl (C=O) groups excluding carboxylic acids is 1. The molecule has 1 amide bonds. The van der Waals surface area contributed by atoms with Crippen molar-refractivity contribution in [3.63, 3.8) is 0 Å². The fourth-order valence-electron chi connectivity index (χ4n) is 3.77. The highest BCUT2D eigenvalue weighted by atomic mass is 16.5. The summed E-state index contributed by atoms with van der Waals surface area (Å²) in [4.78, 5) is 23.8. The standard InChI is InChI=1S/C29H22N4O6/c1-18-25(31-29(36)37-17-19-5-3-2-4-6-19)26(39-33-18)22-9-7-20(8-10-22)21-11-13-23(14-12-21)38-27-24(28(34)35)15-16-30-32-27/h2-16H,17H2,1H3,(H,31,36)(H,34,35). The van der Waals surface area contributed by atoms with Gasteiger partial charge in [0.05, 0.1) is 6.20 Å². The highest BCUT2D eigenvalue weighted by Crippen LogP contribution is 2.33. The first-order valence-electron chi connectivity index (χ1n) is 11.9. The van der Waals surface area contributed by atoms with Crippen molar-refractivity contribution in [3.05, 3.63) is 108 Å². The van der Waals surface area contributed by atoms with E-state index in [2.05, 4.69) is 20.7 Å². The summed E-state index contributed by atoms with van der Waals surface area (Å²) in [7, 11) is 0. The van der Waals surface area contributed by atoms with E-state index in [1.807, 2.05) is 66.7 Å². The lowest BCUT2D eigenvalue weighted by Gasteiger charge is -2.09. The SMILES string of the molecule is Cc1noc(-c2ccc(-c3ccc(Oc4nnccc4C(=O)O)cc3)cc2)c1NC(=O)OCc1ccccc1. The van der Waals surface area contributed by atoms with Crippen molar-refractivity contribution in [2.24, 2.45) is 0 Å². The van der Waals surface area contributed by atoms with Crippen LogP contribution in [0.25, 0.3) is 22.5 Å². The minimum atomic E-state index is -1.15. The summed E-state index contributed by atoms with van der Waals surface area (Å²) < 4.78 is 16.4. The van der Waals surface area contributed by atoms with Crippen LogP contribution in [0.2, 0.25) is 0 Å². The van der Waals surface area contributed by atoms with E-state index in [4.69, 9.17) is 14.0 Å². The number of carboxylic acid groups (broad SMARTS) is 1. The number of aromatic carboxylic acids is 1. The van der Waals surface area contributed by atoms with E-state index in [9.17, 15) is 14.7 Å². The number of hydrogen-bond acceptors (Lipinski definition) is 8. The van der Waals surface area contributed by atoms with Crippen molar-refractivity contribution in [2.45, 2.75) is 13.5 Å². The lowest BCUT2D eigenvalue weighted by Crippen LogP contribution is -2.14. The molecule has 0 fully saturated rings. The van der Waals surface area contributed by atoms with Crippen molar-refractivity contribution in [1.29, 1.82) is 0 Å². The van der Waals surface area contributed by atoms with E-state index >= 15 is 0 Å². The molecule has 0 aliphatic carbocycles. The molecule has 39 heavy (non-hydrogen) atoms. The number of rotatable bonds is 8. The van der Waals surface area contributed by atoms with Crippen LogP contribution in [0.3, 0.4) is 0 Å². The van der Waals surface area contributed by atoms with Crippen molar-refractivity contribution < 1.29 is 28.7 Å². The summed E-state index contributed by atoms with van der Waals surface area (Å²) in [5, 5.41) is 23.5. The van der Waals surface area contributed by atoms with Crippen LogP contribution in [0.5, 0.6) is 11.6 Å². The zero-order valence-corrected chi connectivity index (χ0v) is 20.7. The molecule has 0 radical (unpaired) electrons. The number of nitrogens with zero attached hydrogens (tertiary/aromatic N) is 3. The molecule has 10 heteroatoms. The first kappa shape index (κ1) is 25.2. The molecule has 5 rings (SSSR count). The number of benzene rings is 3. The van der Waals surface area contributed by atoms with Gasteiger partial charge in [-0.25, -0.2) is 9.59 Å². The zero-order chi connectivity index (χ0) is 27.2. The predicted octanol–water partition coefficient (Wildman–Crippen LogP) is 6.35. The molecule has 0 spiro atoms. The lowest BCUT2D eigenvalue weighted by atomic mass is 10.0. The quantitative estimate of drug-likeness (QED) is 0.239. The number of amides is 1. The second-order valence-electron chi connectivity index (χ2n) is 8.42. The van der Waals surface area contributed by atoms with Crippen LogP contribution < -0.4 is 10.1 Å². The van der Waals surface area contributed by atoms with Gasteiger partial charge in [-0.05, 0) is 41.8 Å². The largest absolute Gasteiger partial charge is 0.477 e. The monoisotopic (exact) mass is 522 g/mol. The maximum atomic E-state index is 12.4. The average Bonchev–Trinajstić information content (AvgIpc) is 3.32. The van der Waals surface area contributed by atoms with Gasteiger partial charge in [-0.1, -0.05) is 71.9 Å². The summed E-state index contributed by atoms with van der Waals surface area (Å²) in [6, 6.07) is 25.4. The van der Waals surface area contributed by atoms with Crippen LogP contribution in [0.15, 0.2) is 95.6 Å². The molecule has 0 saturated heterocycles. The molecule has 0 aliphatic rings. The number of carbonyl (C=O) groups is 2. The Morgan fingerprint density at radius 3 is 2.26 bits per heavy atom. The van der Waals surface area contributed by atoms with Gasteiger partial charge in [0.15, 0.2) is 5.76 Å². The van der Waals surface area contributed by atoms with E-state index in [1.54, 1.807) is 19.1 Å². The van der Waals surface area contributed by atoms with Crippen LogP contribution in [0, 0.1) is 6.92 Å². The van der Waals surface area contributed by atoms with Gasteiger partial charge in [-0.2, -0.15) is 5.10 Å². The molecular formula is C29H22N4O6. The van der Waals surface area contributed by atoms with Gasteiger partial charge in [0.1, 0.15) is 29.3 Å². The number of carboxylic acids is 1. The van der Waals surface area contributed by atoms with Gasteiger partial charge >= 0.3 is 12.1 Å². The Kier molecular flexibility index (Phi) is 7.26. The molecule has 2 N–H and O–H groups in total. The van der Waals surface area contributed by atoms with Gasteiger partial charge in [0.25, 0.3) is 5.88 Å². The van der Waals surface area contributed by atoms with Gasteiger partial charge in [0, 0.05) is 5.56 Å². The lowest BCUT2D eigenvalue weighted by molar-refractivity contribution is 0.0693. The van der Waals surface area contributed by atoms with Gasteiger partial charge in [0.2, 0.25) is 0 Å². The second-order valence-corrected chi connectivity index (χ2v) is 8.42. The summed E-state index contributed by atoms with van der Waals surface area (Å²) in [5.41, 5.74) is 4.31. The summed E-state index contributed by atoms with van der Waals surface area (Å²) in [6.45, 7) is 1.88. The number of hydrogen-bond donors (Lipinski definition) is 2. The van der Waals surface area contributed by atoms with Crippen molar-refractivity contribution in [3.8, 4) is 34.1 Å². The first-order valence-corrected chi connectivity index (χ1v) is 11.9. The highest BCUT2D eigenvalue weighted by molar-refractivity contribution is 5.91. The molecule has 3 aromatic carbocycles. The van der Waals surface area contributed by atoms with E-state index in [0.29, 0.717) is 22.9 Å². The van der Waals surface area contributed by atoms with Crippen LogP contribution in [0.4, 0.5) is 10.5 Å². The third-order valence-electron chi connectivity index (χ3n) is 5.77. The Bertz CT molecular complexity index is 1600. The summed E-state index contributed by atoms with van der Waals surface area (Å²) >= 11 is 0. The summed E-state index contributed by atoms with van der Waals surface area (Å²) in [5.74, 6) is -0.401. The molecule has 0 atom stereocenters. The number of anilines is 1. The van der Waals surface area contributed by atoms with Crippen molar-refractivity contribution in [2.75, 3.05) is 5.32 Å². The minimum Gasteiger partial charge on any atom is -0.477 e. The smallest absolute Gasteiger partial charge is 0.412 e. The van der Waals surface area contributed by atoms with E-state index in [0.717, 1.165) is 22.3 Å². The molecule has 5 aromatic rings.